The molecule has 0 aliphatic heterocycles. The van der Waals surface area contributed by atoms with Crippen LogP contribution in [-0.2, 0) is 10.8 Å². The van der Waals surface area contributed by atoms with Gasteiger partial charge in [-0.15, -0.1) is 0 Å². The minimum absolute atomic E-state index is 0.200. The van der Waals surface area contributed by atoms with E-state index in [-0.39, 0.29) is 10.8 Å². The molecule has 348 valence electrons. The van der Waals surface area contributed by atoms with Crippen LogP contribution in [0, 0.1) is 0 Å². The summed E-state index contributed by atoms with van der Waals surface area (Å²) in [6.07, 6.45) is 0. The first-order chi connectivity index (χ1) is 36.2. The first-order valence-corrected chi connectivity index (χ1v) is 25.9. The Balaban J connectivity index is 0.928. The second-order valence-corrected chi connectivity index (χ2v) is 21.8. The van der Waals surface area contributed by atoms with Gasteiger partial charge in [0.25, 0.3) is 0 Å². The number of hydrogen-bond acceptors (Lipinski definition) is 2. The fourth-order valence-electron chi connectivity index (χ4n) is 13.3. The normalized spacial score (nSPS) is 14.2. The molecule has 14 aromatic rings. The van der Waals surface area contributed by atoms with Crippen molar-refractivity contribution in [1.82, 2.24) is 19.1 Å². The molecule has 0 unspecified atom stereocenters. The van der Waals surface area contributed by atoms with E-state index in [0.717, 1.165) is 56.0 Å². The van der Waals surface area contributed by atoms with Gasteiger partial charge in [0.15, 0.2) is 5.82 Å². The van der Waals surface area contributed by atoms with Gasteiger partial charge < -0.3 is 9.13 Å². The highest BCUT2D eigenvalue weighted by molar-refractivity contribution is 6.19. The molecule has 2 aliphatic rings. The van der Waals surface area contributed by atoms with E-state index in [0.29, 0.717) is 0 Å². The maximum Gasteiger partial charge on any atom is 0.160 e. The van der Waals surface area contributed by atoms with Crippen LogP contribution in [0.2, 0.25) is 0 Å². The number of nitrogens with zero attached hydrogens (tertiary/aromatic N) is 4. The van der Waals surface area contributed by atoms with Gasteiger partial charge in [-0.3, -0.25) is 0 Å². The number of hydrogen-bond donors (Lipinski definition) is 0. The van der Waals surface area contributed by atoms with Crippen molar-refractivity contribution in [2.24, 2.45) is 0 Å². The number of fused-ring (bicyclic) bond motifs is 15. The molecule has 3 heterocycles. The van der Waals surface area contributed by atoms with Crippen LogP contribution in [0.4, 0.5) is 0 Å². The summed E-state index contributed by atoms with van der Waals surface area (Å²) in [7, 11) is 0. The van der Waals surface area contributed by atoms with Crippen LogP contribution >= 0.6 is 0 Å². The molecule has 4 nitrogen and oxygen atoms in total. The zero-order valence-corrected chi connectivity index (χ0v) is 41.6. The standard InChI is InChI=1S/C70H48N4/c1-69(2)58-36-45(26-29-49(58)53-32-41-16-8-10-18-43(41)34-60(53)69)67-57-38-48(28-31-62(57)71-68(72-67)46-27-30-50-54-33-42-17-9-11-19-44(42)35-61(54)70(3,4)59(50)37-46)74-64-25-15-13-23-52(64)56-39-55-51-22-12-14-24-63(51)73(65(55)40-66(56)74)47-20-6-5-7-21-47/h5-40H,1-4H3. The van der Waals surface area contributed by atoms with E-state index in [9.17, 15) is 0 Å². The topological polar surface area (TPSA) is 35.6 Å². The van der Waals surface area contributed by atoms with Crippen molar-refractivity contribution in [3.05, 3.63) is 241 Å². The van der Waals surface area contributed by atoms with Gasteiger partial charge in [-0.1, -0.05) is 155 Å². The second-order valence-electron chi connectivity index (χ2n) is 21.8. The van der Waals surface area contributed by atoms with Crippen molar-refractivity contribution >= 4 is 76.1 Å². The Morgan fingerprint density at radius 2 is 0.797 bits per heavy atom. The molecule has 0 saturated heterocycles. The summed E-state index contributed by atoms with van der Waals surface area (Å²) < 4.78 is 4.86. The highest BCUT2D eigenvalue weighted by Gasteiger charge is 2.38. The predicted molar refractivity (Wildman–Crippen MR) is 309 cm³/mol. The Hall–Kier alpha value is -9.12. The molecule has 16 rings (SSSR count). The Bertz CT molecular complexity index is 4780. The molecule has 3 aromatic heterocycles. The van der Waals surface area contributed by atoms with Gasteiger partial charge in [0.2, 0.25) is 0 Å². The van der Waals surface area contributed by atoms with Crippen LogP contribution in [0.5, 0.6) is 0 Å². The zero-order chi connectivity index (χ0) is 49.2. The van der Waals surface area contributed by atoms with Crippen LogP contribution < -0.4 is 0 Å². The molecule has 0 amide bonds. The molecule has 0 N–H and O–H groups in total. The summed E-state index contributed by atoms with van der Waals surface area (Å²) in [5.41, 5.74) is 20.9. The average molecular weight is 945 g/mol. The lowest BCUT2D eigenvalue weighted by molar-refractivity contribution is 0.661. The quantitative estimate of drug-likeness (QED) is 0.176. The molecule has 4 heteroatoms. The smallest absolute Gasteiger partial charge is 0.160 e. The number of para-hydroxylation sites is 3. The summed E-state index contributed by atoms with van der Waals surface area (Å²) in [6.45, 7) is 9.47. The first-order valence-electron chi connectivity index (χ1n) is 25.9. The van der Waals surface area contributed by atoms with E-state index in [1.807, 2.05) is 0 Å². The van der Waals surface area contributed by atoms with Gasteiger partial charge in [-0.25, -0.2) is 9.97 Å². The molecule has 2 aliphatic carbocycles. The van der Waals surface area contributed by atoms with Gasteiger partial charge in [-0.2, -0.15) is 0 Å². The molecule has 0 atom stereocenters. The van der Waals surface area contributed by atoms with Gasteiger partial charge >= 0.3 is 0 Å². The number of benzene rings is 11. The van der Waals surface area contributed by atoms with Crippen molar-refractivity contribution in [2.45, 2.75) is 38.5 Å². The van der Waals surface area contributed by atoms with Crippen molar-refractivity contribution in [3.8, 4) is 56.3 Å². The summed E-state index contributed by atoms with van der Waals surface area (Å²) in [5.74, 6) is 0.724. The fourth-order valence-corrected chi connectivity index (χ4v) is 13.3. The van der Waals surface area contributed by atoms with Crippen LogP contribution in [0.1, 0.15) is 49.9 Å². The third-order valence-electron chi connectivity index (χ3n) is 17.0. The van der Waals surface area contributed by atoms with Crippen molar-refractivity contribution in [3.63, 3.8) is 0 Å². The molecule has 74 heavy (non-hydrogen) atoms. The SMILES string of the molecule is CC1(C)c2cc(-c3nc(-c4ccc5c(c4)C(C)(C)c4cc6ccccc6cc4-5)c4cc(-n5c6ccccc6c6cc7c8ccccc8n(-c8ccccc8)c7cc65)ccc4n3)ccc2-c2cc3ccccc3cc21. The van der Waals surface area contributed by atoms with E-state index >= 15 is 0 Å². The maximum atomic E-state index is 5.71. The largest absolute Gasteiger partial charge is 0.309 e. The molecule has 0 fully saturated rings. The Labute approximate surface area is 428 Å². The van der Waals surface area contributed by atoms with E-state index in [4.69, 9.17) is 9.97 Å². The van der Waals surface area contributed by atoms with E-state index < -0.39 is 0 Å². The minimum atomic E-state index is -0.219. The molecule has 11 aromatic carbocycles. The Kier molecular flexibility index (Phi) is 8.27. The fraction of sp³-hybridized carbons (Fsp3) is 0.0857. The zero-order valence-electron chi connectivity index (χ0n) is 41.6. The lowest BCUT2D eigenvalue weighted by Crippen LogP contribution is -2.15. The van der Waals surface area contributed by atoms with Gasteiger partial charge in [0.05, 0.1) is 33.3 Å². The summed E-state index contributed by atoms with van der Waals surface area (Å²) >= 11 is 0. The molecule has 0 spiro atoms. The lowest BCUT2D eigenvalue weighted by Gasteiger charge is -2.23. The molecular formula is C70H48N4. The third-order valence-corrected chi connectivity index (χ3v) is 17.0. The lowest BCUT2D eigenvalue weighted by atomic mass is 9.81. The van der Waals surface area contributed by atoms with E-state index in [2.05, 4.69) is 255 Å². The molecule has 0 radical (unpaired) electrons. The van der Waals surface area contributed by atoms with Crippen LogP contribution in [-0.4, -0.2) is 19.1 Å². The molecular weight excluding hydrogens is 897 g/mol. The van der Waals surface area contributed by atoms with Gasteiger partial charge in [0, 0.05) is 60.3 Å². The highest BCUT2D eigenvalue weighted by Crippen LogP contribution is 2.53. The second kappa shape index (κ2) is 14.7. The Morgan fingerprint density at radius 3 is 1.39 bits per heavy atom. The Morgan fingerprint density at radius 1 is 0.311 bits per heavy atom. The van der Waals surface area contributed by atoms with E-state index in [1.54, 1.807) is 0 Å². The van der Waals surface area contributed by atoms with E-state index in [1.165, 1.54) is 98.6 Å². The number of aromatic nitrogens is 4. The highest BCUT2D eigenvalue weighted by atomic mass is 15.0. The van der Waals surface area contributed by atoms with Crippen LogP contribution in [0.3, 0.4) is 0 Å². The van der Waals surface area contributed by atoms with Crippen LogP contribution in [0.15, 0.2) is 218 Å². The monoisotopic (exact) mass is 944 g/mol. The summed E-state index contributed by atoms with van der Waals surface area (Å²) in [6, 6.07) is 81.0. The van der Waals surface area contributed by atoms with Gasteiger partial charge in [-0.05, 0) is 157 Å². The maximum absolute atomic E-state index is 5.71. The van der Waals surface area contributed by atoms with Crippen molar-refractivity contribution in [2.75, 3.05) is 0 Å². The summed E-state index contributed by atoms with van der Waals surface area (Å²) in [4.78, 5) is 11.2. The minimum Gasteiger partial charge on any atom is -0.309 e. The number of rotatable bonds is 4. The first kappa shape index (κ1) is 41.5. The van der Waals surface area contributed by atoms with Gasteiger partial charge in [0.1, 0.15) is 0 Å². The van der Waals surface area contributed by atoms with Crippen molar-refractivity contribution in [1.29, 1.82) is 0 Å². The van der Waals surface area contributed by atoms with Crippen LogP contribution in [0.25, 0.3) is 132 Å². The molecule has 0 saturated carbocycles. The predicted octanol–water partition coefficient (Wildman–Crippen LogP) is 18.1. The summed E-state index contributed by atoms with van der Waals surface area (Å²) in [5, 5.41) is 11.0. The average Bonchev–Trinajstić information content (AvgIpc) is 4.09. The van der Waals surface area contributed by atoms with Crippen molar-refractivity contribution < 1.29 is 0 Å². The third kappa shape index (κ3) is 5.68. The molecule has 0 bridgehead atoms.